The van der Waals surface area contributed by atoms with Crippen molar-refractivity contribution in [3.05, 3.63) is 71.8 Å². The molecule has 2 fully saturated rings. The van der Waals surface area contributed by atoms with Crippen molar-refractivity contribution in [2.24, 2.45) is 0 Å². The molecule has 1 saturated carbocycles. The summed E-state index contributed by atoms with van der Waals surface area (Å²) in [5.41, 5.74) is 2.49. The molecule has 1 aliphatic heterocycles. The van der Waals surface area contributed by atoms with Crippen LogP contribution in [0.1, 0.15) is 42.4 Å². The lowest BCUT2D eigenvalue weighted by Crippen LogP contribution is -2.45. The van der Waals surface area contributed by atoms with Gasteiger partial charge in [0.25, 0.3) is 0 Å². The fourth-order valence-corrected chi connectivity index (χ4v) is 3.65. The summed E-state index contributed by atoms with van der Waals surface area (Å²) in [4.78, 5) is 12.3. The highest BCUT2D eigenvalue weighted by atomic mass is 16.5. The molecule has 4 rings (SSSR count). The van der Waals surface area contributed by atoms with Gasteiger partial charge in [-0.1, -0.05) is 60.7 Å². The molecule has 1 heterocycles. The summed E-state index contributed by atoms with van der Waals surface area (Å²) in [6, 6.07) is 21.0. The average molecular weight is 336 g/mol. The van der Waals surface area contributed by atoms with Crippen LogP contribution in [0.2, 0.25) is 0 Å². The normalized spacial score (nSPS) is 28.2. The van der Waals surface area contributed by atoms with Crippen LogP contribution in [0.3, 0.4) is 0 Å². The Bertz CT molecular complexity index is 704. The molecule has 0 spiro atoms. The lowest BCUT2D eigenvalue weighted by Gasteiger charge is -2.30. The van der Waals surface area contributed by atoms with Gasteiger partial charge in [-0.05, 0) is 30.4 Å². The van der Waals surface area contributed by atoms with E-state index in [0.29, 0.717) is 12.5 Å². The number of hydrogen-bond donors (Lipinski definition) is 2. The van der Waals surface area contributed by atoms with E-state index in [4.69, 9.17) is 4.74 Å². The van der Waals surface area contributed by atoms with Crippen LogP contribution in [-0.4, -0.2) is 24.7 Å². The molecule has 0 aromatic heterocycles. The van der Waals surface area contributed by atoms with E-state index < -0.39 is 0 Å². The minimum absolute atomic E-state index is 0.0536. The Morgan fingerprint density at radius 3 is 2.28 bits per heavy atom. The molecule has 2 aromatic carbocycles. The van der Waals surface area contributed by atoms with Crippen LogP contribution in [0, 0.1) is 0 Å². The summed E-state index contributed by atoms with van der Waals surface area (Å²) >= 11 is 0. The minimum atomic E-state index is -0.0536. The molecule has 25 heavy (non-hydrogen) atoms. The maximum atomic E-state index is 12.3. The molecule has 0 bridgehead atoms. The van der Waals surface area contributed by atoms with Gasteiger partial charge in [-0.15, -0.1) is 0 Å². The Morgan fingerprint density at radius 1 is 0.880 bits per heavy atom. The lowest BCUT2D eigenvalue weighted by atomic mass is 9.97. The van der Waals surface area contributed by atoms with Gasteiger partial charge in [0.2, 0.25) is 0 Å². The highest BCUT2D eigenvalue weighted by molar-refractivity contribution is 5.75. The maximum Gasteiger partial charge on any atom is 0.315 e. The van der Waals surface area contributed by atoms with E-state index in [0.717, 1.165) is 19.3 Å². The summed E-state index contributed by atoms with van der Waals surface area (Å²) < 4.78 is 5.87. The topological polar surface area (TPSA) is 50.4 Å². The standard InChI is InChI=1S/C21H24N2O2/c24-21(23-19-14-18(19)15-7-3-1-4-8-15)22-17-11-12-25-20(13-17)16-9-5-2-6-10-16/h1-10,17-20H,11-14H2,(H2,22,23,24)/t17-,18-,19-,20+/m1/s1. The maximum absolute atomic E-state index is 12.3. The smallest absolute Gasteiger partial charge is 0.315 e. The first-order valence-electron chi connectivity index (χ1n) is 9.08. The van der Waals surface area contributed by atoms with Gasteiger partial charge in [-0.3, -0.25) is 0 Å². The van der Waals surface area contributed by atoms with E-state index >= 15 is 0 Å². The Labute approximate surface area is 148 Å². The van der Waals surface area contributed by atoms with Crippen LogP contribution < -0.4 is 10.6 Å². The number of carbonyl (C=O) groups is 1. The van der Waals surface area contributed by atoms with Gasteiger partial charge in [-0.25, -0.2) is 4.79 Å². The van der Waals surface area contributed by atoms with Gasteiger partial charge in [-0.2, -0.15) is 0 Å². The van der Waals surface area contributed by atoms with Crippen molar-refractivity contribution in [3.8, 4) is 0 Å². The zero-order chi connectivity index (χ0) is 17.1. The van der Waals surface area contributed by atoms with E-state index in [9.17, 15) is 4.79 Å². The van der Waals surface area contributed by atoms with Crippen molar-refractivity contribution >= 4 is 6.03 Å². The first kappa shape index (κ1) is 16.2. The third-order valence-corrected chi connectivity index (χ3v) is 5.13. The molecule has 2 N–H and O–H groups in total. The molecule has 2 amide bonds. The molecule has 0 unspecified atom stereocenters. The number of hydrogen-bond acceptors (Lipinski definition) is 2. The van der Waals surface area contributed by atoms with Crippen molar-refractivity contribution in [3.63, 3.8) is 0 Å². The molecule has 4 heteroatoms. The zero-order valence-corrected chi connectivity index (χ0v) is 14.2. The van der Waals surface area contributed by atoms with Gasteiger partial charge in [0.05, 0.1) is 6.10 Å². The molecule has 130 valence electrons. The summed E-state index contributed by atoms with van der Waals surface area (Å²) in [6.45, 7) is 0.681. The molecular weight excluding hydrogens is 312 g/mol. The number of rotatable bonds is 4. The summed E-state index contributed by atoms with van der Waals surface area (Å²) in [5.74, 6) is 0.457. The van der Waals surface area contributed by atoms with Gasteiger partial charge in [0.1, 0.15) is 0 Å². The van der Waals surface area contributed by atoms with Crippen molar-refractivity contribution in [1.29, 1.82) is 0 Å². The van der Waals surface area contributed by atoms with E-state index in [1.165, 1.54) is 11.1 Å². The summed E-state index contributed by atoms with van der Waals surface area (Å²) in [6.07, 6.45) is 2.78. The Kier molecular flexibility index (Phi) is 4.70. The summed E-state index contributed by atoms with van der Waals surface area (Å²) in [7, 11) is 0. The second kappa shape index (κ2) is 7.28. The predicted octanol–water partition coefficient (Wildman–Crippen LogP) is 3.76. The zero-order valence-electron chi connectivity index (χ0n) is 14.2. The molecular formula is C21H24N2O2. The first-order valence-corrected chi connectivity index (χ1v) is 9.08. The molecule has 1 aliphatic carbocycles. The van der Waals surface area contributed by atoms with Crippen molar-refractivity contribution in [1.82, 2.24) is 10.6 Å². The Hall–Kier alpha value is -2.33. The van der Waals surface area contributed by atoms with Crippen molar-refractivity contribution < 1.29 is 9.53 Å². The van der Waals surface area contributed by atoms with E-state index in [-0.39, 0.29) is 24.2 Å². The van der Waals surface area contributed by atoms with Crippen LogP contribution in [0.5, 0.6) is 0 Å². The Morgan fingerprint density at radius 2 is 1.56 bits per heavy atom. The number of urea groups is 1. The van der Waals surface area contributed by atoms with Crippen LogP contribution in [0.4, 0.5) is 4.79 Å². The second-order valence-electron chi connectivity index (χ2n) is 6.97. The fraction of sp³-hybridized carbons (Fsp3) is 0.381. The molecule has 4 nitrogen and oxygen atoms in total. The van der Waals surface area contributed by atoms with Gasteiger partial charge in [0, 0.05) is 24.6 Å². The van der Waals surface area contributed by atoms with E-state index in [1.807, 2.05) is 24.3 Å². The molecule has 4 atom stereocenters. The average Bonchev–Trinajstić information content (AvgIpc) is 3.42. The number of nitrogens with one attached hydrogen (secondary N) is 2. The number of carbonyl (C=O) groups excluding carboxylic acids is 1. The second-order valence-corrected chi connectivity index (χ2v) is 6.97. The number of amides is 2. The monoisotopic (exact) mass is 336 g/mol. The SMILES string of the molecule is O=C(N[C@@H]1CCO[C@H](c2ccccc2)C1)N[C@@H]1C[C@@H]1c1ccccc1. The lowest BCUT2D eigenvalue weighted by molar-refractivity contribution is 0.00225. The molecule has 2 aromatic rings. The third kappa shape index (κ3) is 4.02. The minimum Gasteiger partial charge on any atom is -0.373 e. The molecule has 2 aliphatic rings. The van der Waals surface area contributed by atoms with Crippen molar-refractivity contribution in [2.45, 2.75) is 43.4 Å². The molecule has 0 radical (unpaired) electrons. The Balaban J connectivity index is 1.27. The van der Waals surface area contributed by atoms with Crippen LogP contribution in [0.15, 0.2) is 60.7 Å². The third-order valence-electron chi connectivity index (χ3n) is 5.13. The fourth-order valence-electron chi connectivity index (χ4n) is 3.65. The molecule has 1 saturated heterocycles. The van der Waals surface area contributed by atoms with Crippen LogP contribution >= 0.6 is 0 Å². The summed E-state index contributed by atoms with van der Waals surface area (Å²) in [5, 5.41) is 6.25. The van der Waals surface area contributed by atoms with Gasteiger partial charge < -0.3 is 15.4 Å². The van der Waals surface area contributed by atoms with Crippen molar-refractivity contribution in [2.75, 3.05) is 6.61 Å². The number of ether oxygens (including phenoxy) is 1. The highest BCUT2D eigenvalue weighted by Gasteiger charge is 2.39. The van der Waals surface area contributed by atoms with Crippen LogP contribution in [-0.2, 0) is 4.74 Å². The quantitative estimate of drug-likeness (QED) is 0.893. The van der Waals surface area contributed by atoms with Gasteiger partial charge >= 0.3 is 6.03 Å². The van der Waals surface area contributed by atoms with E-state index in [1.54, 1.807) is 0 Å². The highest BCUT2D eigenvalue weighted by Crippen LogP contribution is 2.40. The first-order chi connectivity index (χ1) is 12.3. The van der Waals surface area contributed by atoms with Gasteiger partial charge in [0.15, 0.2) is 0 Å². The largest absolute Gasteiger partial charge is 0.373 e. The van der Waals surface area contributed by atoms with E-state index in [2.05, 4.69) is 47.0 Å². The number of benzene rings is 2. The predicted molar refractivity (Wildman–Crippen MR) is 97.4 cm³/mol. The van der Waals surface area contributed by atoms with Crippen LogP contribution in [0.25, 0.3) is 0 Å².